The Labute approximate surface area is 235 Å². The van der Waals surface area contributed by atoms with Crippen molar-refractivity contribution in [3.05, 3.63) is 68.5 Å². The Morgan fingerprint density at radius 2 is 1.87 bits per heavy atom. The number of halogens is 1. The maximum atomic E-state index is 13.5. The number of fused-ring (bicyclic) bond motifs is 1. The maximum absolute atomic E-state index is 13.5. The molecule has 3 aromatic rings. The smallest absolute Gasteiger partial charge is 0.344 e. The monoisotopic (exact) mass is 598 g/mol. The highest BCUT2D eigenvalue weighted by molar-refractivity contribution is 9.10. The van der Waals surface area contributed by atoms with E-state index in [1.54, 1.807) is 30.5 Å². The second kappa shape index (κ2) is 13.6. The second-order valence-electron chi connectivity index (χ2n) is 8.80. The molecule has 1 amide bonds. The molecule has 1 aromatic heterocycles. The number of carbonyl (C=O) groups is 2. The lowest BCUT2D eigenvalue weighted by atomic mass is 9.96. The number of aryl methyl sites for hydroxylation is 1. The van der Waals surface area contributed by atoms with Crippen molar-refractivity contribution in [2.75, 3.05) is 25.6 Å². The van der Waals surface area contributed by atoms with E-state index >= 15 is 0 Å². The zero-order chi connectivity index (χ0) is 26.9. The van der Waals surface area contributed by atoms with E-state index < -0.39 is 5.97 Å². The summed E-state index contributed by atoms with van der Waals surface area (Å²) in [6, 6.07) is 13.1. The van der Waals surface area contributed by atoms with E-state index in [0.717, 1.165) is 42.5 Å². The summed E-state index contributed by atoms with van der Waals surface area (Å²) < 4.78 is 16.7. The SMILES string of the molecule is CCOC(=O)COc1c(Br)cc(C=Nc2sc3c(c2C(=O)Nc2ccccc2)CCCCCC3)cc1OC. The minimum Gasteiger partial charge on any atom is -0.493 e. The molecule has 0 saturated carbocycles. The molecule has 0 bridgehead atoms. The van der Waals surface area contributed by atoms with Crippen molar-refractivity contribution in [2.24, 2.45) is 4.99 Å². The number of aliphatic imine (C=N–C) groups is 1. The molecule has 0 atom stereocenters. The van der Waals surface area contributed by atoms with Crippen LogP contribution in [0.1, 0.15) is 59.0 Å². The summed E-state index contributed by atoms with van der Waals surface area (Å²) in [6.07, 6.45) is 8.13. The molecule has 1 N–H and O–H groups in total. The molecule has 38 heavy (non-hydrogen) atoms. The van der Waals surface area contributed by atoms with Crippen LogP contribution in [0.3, 0.4) is 0 Å². The average Bonchev–Trinajstić information content (AvgIpc) is 3.23. The van der Waals surface area contributed by atoms with E-state index in [1.807, 2.05) is 36.4 Å². The Morgan fingerprint density at radius 1 is 1.11 bits per heavy atom. The first-order valence-electron chi connectivity index (χ1n) is 12.7. The predicted molar refractivity (Wildman–Crippen MR) is 155 cm³/mol. The van der Waals surface area contributed by atoms with Gasteiger partial charge in [-0.3, -0.25) is 4.79 Å². The van der Waals surface area contributed by atoms with E-state index in [-0.39, 0.29) is 19.1 Å². The number of esters is 1. The van der Waals surface area contributed by atoms with Gasteiger partial charge < -0.3 is 19.5 Å². The van der Waals surface area contributed by atoms with Crippen LogP contribution >= 0.6 is 27.3 Å². The van der Waals surface area contributed by atoms with Gasteiger partial charge in [0.25, 0.3) is 5.91 Å². The van der Waals surface area contributed by atoms with Crippen molar-refractivity contribution < 1.29 is 23.8 Å². The van der Waals surface area contributed by atoms with Gasteiger partial charge >= 0.3 is 5.97 Å². The third-order valence-corrected chi connectivity index (χ3v) is 7.92. The largest absolute Gasteiger partial charge is 0.493 e. The number of amides is 1. The van der Waals surface area contributed by atoms with E-state index in [2.05, 4.69) is 21.2 Å². The number of rotatable bonds is 9. The molecule has 2 aromatic carbocycles. The van der Waals surface area contributed by atoms with Crippen molar-refractivity contribution in [3.8, 4) is 11.5 Å². The number of hydrogen-bond acceptors (Lipinski definition) is 7. The third-order valence-electron chi connectivity index (χ3n) is 6.13. The van der Waals surface area contributed by atoms with Gasteiger partial charge in [0.2, 0.25) is 0 Å². The number of anilines is 1. The average molecular weight is 600 g/mol. The minimum absolute atomic E-state index is 0.136. The second-order valence-corrected chi connectivity index (χ2v) is 10.7. The van der Waals surface area contributed by atoms with E-state index in [9.17, 15) is 9.59 Å². The van der Waals surface area contributed by atoms with Crippen LogP contribution in [-0.4, -0.2) is 38.4 Å². The molecule has 200 valence electrons. The topological polar surface area (TPSA) is 86.2 Å². The van der Waals surface area contributed by atoms with Gasteiger partial charge in [0.05, 0.1) is 23.8 Å². The normalized spacial score (nSPS) is 13.3. The fourth-order valence-corrected chi connectivity index (χ4v) is 6.17. The Hall–Kier alpha value is -3.17. The molecular formula is C29H31BrN2O5S. The van der Waals surface area contributed by atoms with Crippen molar-refractivity contribution in [2.45, 2.75) is 45.4 Å². The molecule has 4 rings (SSSR count). The lowest BCUT2D eigenvalue weighted by molar-refractivity contribution is -0.145. The number of nitrogens with one attached hydrogen (secondary N) is 1. The first-order valence-corrected chi connectivity index (χ1v) is 14.3. The first kappa shape index (κ1) is 27.9. The lowest BCUT2D eigenvalue weighted by Crippen LogP contribution is -2.15. The molecule has 0 radical (unpaired) electrons. The number of para-hydroxylation sites is 1. The fourth-order valence-electron chi connectivity index (χ4n) is 4.37. The van der Waals surface area contributed by atoms with E-state index in [4.69, 9.17) is 19.2 Å². The lowest BCUT2D eigenvalue weighted by Gasteiger charge is -2.13. The number of ether oxygens (including phenoxy) is 3. The number of benzene rings is 2. The Kier molecular flexibility index (Phi) is 9.95. The molecule has 0 saturated heterocycles. The molecule has 1 aliphatic carbocycles. The summed E-state index contributed by atoms with van der Waals surface area (Å²) in [5, 5.41) is 3.75. The van der Waals surface area contributed by atoms with Crippen LogP contribution in [0.15, 0.2) is 51.9 Å². The Balaban J connectivity index is 1.64. The zero-order valence-electron chi connectivity index (χ0n) is 21.6. The third kappa shape index (κ3) is 7.02. The van der Waals surface area contributed by atoms with Gasteiger partial charge in [-0.15, -0.1) is 11.3 Å². The summed E-state index contributed by atoms with van der Waals surface area (Å²) in [7, 11) is 1.53. The van der Waals surface area contributed by atoms with Crippen molar-refractivity contribution in [1.82, 2.24) is 0 Å². The van der Waals surface area contributed by atoms with Crippen molar-refractivity contribution in [3.63, 3.8) is 0 Å². The molecular weight excluding hydrogens is 568 g/mol. The molecule has 0 aliphatic heterocycles. The number of thiophene rings is 1. The number of methoxy groups -OCH3 is 1. The number of nitrogens with zero attached hydrogens (tertiary/aromatic N) is 1. The highest BCUT2D eigenvalue weighted by Crippen LogP contribution is 2.40. The van der Waals surface area contributed by atoms with Crippen LogP contribution in [0.5, 0.6) is 11.5 Å². The fraction of sp³-hybridized carbons (Fsp3) is 0.345. The van der Waals surface area contributed by atoms with Gasteiger partial charge in [0, 0.05) is 16.8 Å². The van der Waals surface area contributed by atoms with Gasteiger partial charge in [0.1, 0.15) is 5.00 Å². The van der Waals surface area contributed by atoms with Crippen LogP contribution < -0.4 is 14.8 Å². The van der Waals surface area contributed by atoms with Gasteiger partial charge in [0.15, 0.2) is 18.1 Å². The maximum Gasteiger partial charge on any atom is 0.344 e. The number of hydrogen-bond donors (Lipinski definition) is 1. The molecule has 0 unspecified atom stereocenters. The quantitative estimate of drug-likeness (QED) is 0.209. The minimum atomic E-state index is -0.457. The van der Waals surface area contributed by atoms with Crippen LogP contribution in [-0.2, 0) is 22.4 Å². The predicted octanol–water partition coefficient (Wildman–Crippen LogP) is 7.12. The highest BCUT2D eigenvalue weighted by Gasteiger charge is 2.24. The molecule has 9 heteroatoms. The highest BCUT2D eigenvalue weighted by atomic mass is 79.9. The number of carbonyl (C=O) groups excluding carboxylic acids is 2. The van der Waals surface area contributed by atoms with Crippen LogP contribution in [0.2, 0.25) is 0 Å². The van der Waals surface area contributed by atoms with Crippen molar-refractivity contribution >= 4 is 56.0 Å². The van der Waals surface area contributed by atoms with Gasteiger partial charge in [-0.05, 0) is 83.9 Å². The Morgan fingerprint density at radius 3 is 2.61 bits per heavy atom. The Bertz CT molecular complexity index is 1310. The molecule has 1 heterocycles. The summed E-state index contributed by atoms with van der Waals surface area (Å²) in [5.41, 5.74) is 3.29. The summed E-state index contributed by atoms with van der Waals surface area (Å²) in [6.45, 7) is 1.80. The van der Waals surface area contributed by atoms with E-state index in [1.165, 1.54) is 24.8 Å². The molecule has 0 fully saturated rings. The van der Waals surface area contributed by atoms with Gasteiger partial charge in [-0.1, -0.05) is 31.0 Å². The van der Waals surface area contributed by atoms with Crippen molar-refractivity contribution in [1.29, 1.82) is 0 Å². The first-order chi connectivity index (χ1) is 18.5. The van der Waals surface area contributed by atoms with Gasteiger partial charge in [-0.25, -0.2) is 9.79 Å². The summed E-state index contributed by atoms with van der Waals surface area (Å²) in [5.74, 6) is 0.259. The summed E-state index contributed by atoms with van der Waals surface area (Å²) >= 11 is 5.11. The van der Waals surface area contributed by atoms with Crippen LogP contribution in [0.25, 0.3) is 0 Å². The molecule has 0 spiro atoms. The van der Waals surface area contributed by atoms with E-state index in [0.29, 0.717) is 26.5 Å². The standard InChI is InChI=1S/C29H31BrN2O5S/c1-3-36-25(33)18-37-27-22(30)15-19(16-23(27)35-2)17-31-29-26(28(34)32-20-11-7-6-8-12-20)21-13-9-4-5-10-14-24(21)38-29/h6-8,11-12,15-17H,3-5,9-10,13-14,18H2,1-2H3,(H,32,34). The molecule has 7 nitrogen and oxygen atoms in total. The van der Waals surface area contributed by atoms with Crippen LogP contribution in [0, 0.1) is 0 Å². The zero-order valence-corrected chi connectivity index (χ0v) is 24.0. The summed E-state index contributed by atoms with van der Waals surface area (Å²) in [4.78, 5) is 31.3. The molecule has 1 aliphatic rings. The van der Waals surface area contributed by atoms with Crippen LogP contribution in [0.4, 0.5) is 10.7 Å². The van der Waals surface area contributed by atoms with Gasteiger partial charge in [-0.2, -0.15) is 0 Å².